The Morgan fingerprint density at radius 1 is 1.41 bits per heavy atom. The monoisotopic (exact) mass is 409 g/mol. The predicted molar refractivity (Wildman–Crippen MR) is 104 cm³/mol. The van der Waals surface area contributed by atoms with Gasteiger partial charge in [-0.2, -0.15) is 0 Å². The third kappa shape index (κ3) is 5.06. The van der Waals surface area contributed by atoms with Gasteiger partial charge in [-0.1, -0.05) is 17.7 Å². The fraction of sp³-hybridized carbons (Fsp3) is 0.368. The maximum atomic E-state index is 14.1. The highest BCUT2D eigenvalue weighted by molar-refractivity contribution is 7.11. The van der Waals surface area contributed by atoms with E-state index in [4.69, 9.17) is 11.6 Å². The Morgan fingerprint density at radius 3 is 2.93 bits per heavy atom. The van der Waals surface area contributed by atoms with E-state index in [0.29, 0.717) is 30.2 Å². The number of amides is 2. The van der Waals surface area contributed by atoms with Gasteiger partial charge >= 0.3 is 0 Å². The van der Waals surface area contributed by atoms with E-state index in [1.165, 1.54) is 10.9 Å². The molecular formula is C19H21ClFN3O2S. The van der Waals surface area contributed by atoms with Crippen LogP contribution in [0.25, 0.3) is 0 Å². The van der Waals surface area contributed by atoms with Crippen LogP contribution in [0.5, 0.6) is 0 Å². The van der Waals surface area contributed by atoms with E-state index < -0.39 is 11.9 Å². The van der Waals surface area contributed by atoms with Gasteiger partial charge in [-0.05, 0) is 31.2 Å². The Balaban J connectivity index is 1.65. The molecule has 1 aliphatic heterocycles. The van der Waals surface area contributed by atoms with Gasteiger partial charge in [0, 0.05) is 40.0 Å². The number of thiophene rings is 1. The van der Waals surface area contributed by atoms with E-state index in [1.807, 2.05) is 19.1 Å². The minimum Gasteiger partial charge on any atom is -0.353 e. The van der Waals surface area contributed by atoms with Crippen LogP contribution >= 0.6 is 22.9 Å². The minimum absolute atomic E-state index is 0.0161. The number of hydrogen-bond donors (Lipinski definition) is 2. The standard InChI is InChI=1S/C19H21ClFN3O2S/c1-12-5-6-13(27-12)10-23-18(25)9-17-19(26)22-7-8-24(17)11-14-15(20)3-2-4-16(14)21/h2-6,17H,7-11H2,1H3,(H,22,26)(H,23,25)/t17-/m0/s1. The van der Waals surface area contributed by atoms with E-state index >= 15 is 0 Å². The van der Waals surface area contributed by atoms with Crippen molar-refractivity contribution in [2.24, 2.45) is 0 Å². The summed E-state index contributed by atoms with van der Waals surface area (Å²) in [6.07, 6.45) is 0.0161. The lowest BCUT2D eigenvalue weighted by molar-refractivity contribution is -0.134. The third-order valence-electron chi connectivity index (χ3n) is 4.50. The van der Waals surface area contributed by atoms with E-state index in [1.54, 1.807) is 28.4 Å². The van der Waals surface area contributed by atoms with Crippen molar-refractivity contribution < 1.29 is 14.0 Å². The van der Waals surface area contributed by atoms with Gasteiger partial charge in [-0.3, -0.25) is 14.5 Å². The number of carbonyl (C=O) groups excluding carboxylic acids is 2. The normalized spacial score (nSPS) is 17.6. The van der Waals surface area contributed by atoms with Crippen molar-refractivity contribution in [1.82, 2.24) is 15.5 Å². The first-order valence-corrected chi connectivity index (χ1v) is 9.90. The summed E-state index contributed by atoms with van der Waals surface area (Å²) in [6.45, 7) is 3.61. The van der Waals surface area contributed by atoms with E-state index in [2.05, 4.69) is 10.6 Å². The first kappa shape index (κ1) is 19.8. The third-order valence-corrected chi connectivity index (χ3v) is 5.85. The lowest BCUT2D eigenvalue weighted by Gasteiger charge is -2.35. The van der Waals surface area contributed by atoms with Gasteiger partial charge in [0.25, 0.3) is 0 Å². The molecule has 5 nitrogen and oxygen atoms in total. The van der Waals surface area contributed by atoms with Gasteiger partial charge in [-0.25, -0.2) is 4.39 Å². The number of carbonyl (C=O) groups is 2. The molecule has 3 rings (SSSR count). The molecule has 0 aliphatic carbocycles. The highest BCUT2D eigenvalue weighted by Crippen LogP contribution is 2.23. The zero-order chi connectivity index (χ0) is 19.4. The number of hydrogen-bond acceptors (Lipinski definition) is 4. The van der Waals surface area contributed by atoms with Crippen LogP contribution in [0.3, 0.4) is 0 Å². The summed E-state index contributed by atoms with van der Waals surface area (Å²) >= 11 is 7.73. The maximum absolute atomic E-state index is 14.1. The Kier molecular flexibility index (Phi) is 6.46. The molecule has 1 saturated heterocycles. The molecule has 2 heterocycles. The van der Waals surface area contributed by atoms with Crippen LogP contribution in [0.4, 0.5) is 4.39 Å². The highest BCUT2D eigenvalue weighted by Gasteiger charge is 2.32. The van der Waals surface area contributed by atoms with Crippen molar-refractivity contribution in [1.29, 1.82) is 0 Å². The number of benzene rings is 1. The number of rotatable bonds is 6. The minimum atomic E-state index is -0.653. The average molecular weight is 410 g/mol. The fourth-order valence-corrected chi connectivity index (χ4v) is 4.13. The van der Waals surface area contributed by atoms with Crippen LogP contribution in [0.2, 0.25) is 5.02 Å². The molecule has 2 N–H and O–H groups in total. The summed E-state index contributed by atoms with van der Waals surface area (Å²) in [5, 5.41) is 5.94. The molecule has 1 aliphatic rings. The number of aryl methyl sites for hydroxylation is 1. The molecule has 0 spiro atoms. The highest BCUT2D eigenvalue weighted by atomic mass is 35.5. The quantitative estimate of drug-likeness (QED) is 0.771. The molecule has 0 unspecified atom stereocenters. The van der Waals surface area contributed by atoms with Gasteiger partial charge in [0.15, 0.2) is 0 Å². The first-order chi connectivity index (χ1) is 12.9. The van der Waals surface area contributed by atoms with Crippen molar-refractivity contribution in [2.75, 3.05) is 13.1 Å². The van der Waals surface area contributed by atoms with Crippen LogP contribution in [0.1, 0.15) is 21.7 Å². The van der Waals surface area contributed by atoms with Crippen LogP contribution < -0.4 is 10.6 Å². The predicted octanol–water partition coefficient (Wildman–Crippen LogP) is 2.86. The van der Waals surface area contributed by atoms with E-state index in [-0.39, 0.29) is 24.8 Å². The van der Waals surface area contributed by atoms with E-state index in [9.17, 15) is 14.0 Å². The van der Waals surface area contributed by atoms with Crippen molar-refractivity contribution in [3.05, 3.63) is 56.5 Å². The lowest BCUT2D eigenvalue weighted by atomic mass is 10.1. The molecule has 0 bridgehead atoms. The Morgan fingerprint density at radius 2 is 2.22 bits per heavy atom. The molecule has 27 heavy (non-hydrogen) atoms. The summed E-state index contributed by atoms with van der Waals surface area (Å²) in [6, 6.07) is 7.83. The van der Waals surface area contributed by atoms with Crippen molar-refractivity contribution in [3.63, 3.8) is 0 Å². The largest absolute Gasteiger partial charge is 0.353 e. The zero-order valence-corrected chi connectivity index (χ0v) is 16.5. The Bertz CT molecular complexity index is 822. The number of nitrogens with one attached hydrogen (secondary N) is 2. The second-order valence-corrected chi connectivity index (χ2v) is 8.25. The topological polar surface area (TPSA) is 61.4 Å². The van der Waals surface area contributed by atoms with Crippen LogP contribution in [-0.2, 0) is 22.7 Å². The number of nitrogens with zero attached hydrogens (tertiary/aromatic N) is 1. The van der Waals surface area contributed by atoms with Crippen molar-refractivity contribution >= 4 is 34.8 Å². The molecule has 1 aromatic heterocycles. The molecule has 0 saturated carbocycles. The first-order valence-electron chi connectivity index (χ1n) is 8.70. The molecular weight excluding hydrogens is 389 g/mol. The van der Waals surface area contributed by atoms with Gasteiger partial charge < -0.3 is 10.6 Å². The van der Waals surface area contributed by atoms with Crippen LogP contribution in [0, 0.1) is 12.7 Å². The number of piperazine rings is 1. The van der Waals surface area contributed by atoms with Crippen molar-refractivity contribution in [2.45, 2.75) is 32.5 Å². The second-order valence-electron chi connectivity index (χ2n) is 6.47. The Labute approximate surface area is 166 Å². The zero-order valence-electron chi connectivity index (χ0n) is 14.9. The molecule has 8 heteroatoms. The van der Waals surface area contributed by atoms with Crippen LogP contribution in [-0.4, -0.2) is 35.8 Å². The molecule has 2 amide bonds. The summed E-state index contributed by atoms with van der Waals surface area (Å²) in [4.78, 5) is 28.7. The molecule has 2 aromatic rings. The van der Waals surface area contributed by atoms with Gasteiger partial charge in [0.1, 0.15) is 5.82 Å². The number of halogens is 2. The van der Waals surface area contributed by atoms with Gasteiger partial charge in [-0.15, -0.1) is 11.3 Å². The van der Waals surface area contributed by atoms with Gasteiger partial charge in [0.05, 0.1) is 19.0 Å². The summed E-state index contributed by atoms with van der Waals surface area (Å²) < 4.78 is 14.1. The van der Waals surface area contributed by atoms with E-state index in [0.717, 1.165) is 4.88 Å². The Hall–Kier alpha value is -1.96. The maximum Gasteiger partial charge on any atom is 0.237 e. The summed E-state index contributed by atoms with van der Waals surface area (Å²) in [5.74, 6) is -0.853. The molecule has 1 aromatic carbocycles. The lowest BCUT2D eigenvalue weighted by Crippen LogP contribution is -2.56. The summed E-state index contributed by atoms with van der Waals surface area (Å²) in [5.41, 5.74) is 0.341. The SMILES string of the molecule is Cc1ccc(CNC(=O)C[C@H]2C(=O)NCCN2Cc2c(F)cccc2Cl)s1. The van der Waals surface area contributed by atoms with Crippen LogP contribution in [0.15, 0.2) is 30.3 Å². The smallest absolute Gasteiger partial charge is 0.237 e. The second kappa shape index (κ2) is 8.82. The average Bonchev–Trinajstić information content (AvgIpc) is 3.04. The molecule has 0 radical (unpaired) electrons. The molecule has 1 fully saturated rings. The van der Waals surface area contributed by atoms with Crippen molar-refractivity contribution in [3.8, 4) is 0 Å². The molecule has 1 atom stereocenters. The molecule has 144 valence electrons. The van der Waals surface area contributed by atoms with Gasteiger partial charge in [0.2, 0.25) is 11.8 Å². The fourth-order valence-electron chi connectivity index (χ4n) is 3.07. The summed E-state index contributed by atoms with van der Waals surface area (Å²) in [7, 11) is 0.